The second kappa shape index (κ2) is 5.65. The van der Waals surface area contributed by atoms with Crippen molar-refractivity contribution in [2.75, 3.05) is 5.32 Å². The molecule has 1 fully saturated rings. The Labute approximate surface area is 139 Å². The van der Waals surface area contributed by atoms with E-state index in [1.54, 1.807) is 20.8 Å². The number of carbonyl (C=O) groups excluding carboxylic acids is 1. The first kappa shape index (κ1) is 18.6. The Hall–Kier alpha value is -1.76. The summed E-state index contributed by atoms with van der Waals surface area (Å²) in [4.78, 5) is 12.0. The van der Waals surface area contributed by atoms with Gasteiger partial charge in [-0.3, -0.25) is 5.32 Å². The first-order chi connectivity index (χ1) is 10.7. The van der Waals surface area contributed by atoms with Crippen LogP contribution in [0.1, 0.15) is 51.7 Å². The number of amides is 1. The molecule has 0 unspecified atom stereocenters. The highest BCUT2D eigenvalue weighted by Crippen LogP contribution is 2.59. The molecule has 0 aromatic heterocycles. The number of anilines is 1. The minimum absolute atomic E-state index is 0.0881. The average Bonchev–Trinajstić information content (AvgIpc) is 2.85. The van der Waals surface area contributed by atoms with E-state index in [0.29, 0.717) is 5.56 Å². The Bertz CT molecular complexity index is 648. The van der Waals surface area contributed by atoms with E-state index in [-0.39, 0.29) is 23.1 Å². The zero-order valence-corrected chi connectivity index (χ0v) is 14.4. The molecule has 1 saturated carbocycles. The fourth-order valence-electron chi connectivity index (χ4n) is 2.80. The summed E-state index contributed by atoms with van der Waals surface area (Å²) in [6.45, 7) is 8.92. The lowest BCUT2D eigenvalue weighted by molar-refractivity contribution is -0.137. The quantitative estimate of drug-likeness (QED) is 0.830. The van der Waals surface area contributed by atoms with Gasteiger partial charge >= 0.3 is 12.3 Å². The third kappa shape index (κ3) is 3.83. The van der Waals surface area contributed by atoms with Gasteiger partial charge in [-0.15, -0.1) is 0 Å². The Balaban J connectivity index is 2.36. The fraction of sp³-hybridized carbons (Fsp3) is 0.588. The average molecular weight is 344 g/mol. The first-order valence-electron chi connectivity index (χ1n) is 7.70. The van der Waals surface area contributed by atoms with Crippen LogP contribution in [0.2, 0.25) is 0 Å². The zero-order valence-electron chi connectivity index (χ0n) is 14.4. The smallest absolute Gasteiger partial charge is 0.416 e. The van der Waals surface area contributed by atoms with Gasteiger partial charge in [0.05, 0.1) is 5.56 Å². The molecule has 1 aliphatic carbocycles. The summed E-state index contributed by atoms with van der Waals surface area (Å²) in [6, 6.07) is 3.15. The summed E-state index contributed by atoms with van der Waals surface area (Å²) in [6.07, 6.45) is -5.29. The normalized spacial score (nSPS) is 22.9. The number of rotatable bonds is 2. The molecule has 7 heteroatoms. The summed E-state index contributed by atoms with van der Waals surface area (Å²) in [5.74, 6) is -0.121. The van der Waals surface area contributed by atoms with E-state index in [1.165, 1.54) is 6.07 Å². The van der Waals surface area contributed by atoms with Gasteiger partial charge < -0.3 is 10.5 Å². The molecule has 2 rings (SSSR count). The first-order valence-corrected chi connectivity index (χ1v) is 7.70. The molecular weight excluding hydrogens is 321 g/mol. The zero-order chi connectivity index (χ0) is 18.5. The SMILES string of the molecule is CC(C)(C)OC(=O)Nc1cc(C(F)(F)F)ccc1[C@H]1[C@H](N)C1(C)C. The van der Waals surface area contributed by atoms with Crippen LogP contribution >= 0.6 is 0 Å². The molecule has 0 radical (unpaired) electrons. The van der Waals surface area contributed by atoms with Crippen molar-refractivity contribution >= 4 is 11.8 Å². The van der Waals surface area contributed by atoms with Gasteiger partial charge in [0, 0.05) is 17.6 Å². The molecule has 1 amide bonds. The fourth-order valence-corrected chi connectivity index (χ4v) is 2.80. The Morgan fingerprint density at radius 2 is 1.79 bits per heavy atom. The molecule has 2 atom stereocenters. The Kier molecular flexibility index (Phi) is 4.37. The number of ether oxygens (including phenoxy) is 1. The predicted molar refractivity (Wildman–Crippen MR) is 85.8 cm³/mol. The third-order valence-electron chi connectivity index (χ3n) is 4.26. The van der Waals surface area contributed by atoms with Crippen molar-refractivity contribution < 1.29 is 22.7 Å². The molecular formula is C17H23F3N2O2. The van der Waals surface area contributed by atoms with Crippen LogP contribution < -0.4 is 11.1 Å². The molecule has 24 heavy (non-hydrogen) atoms. The van der Waals surface area contributed by atoms with Gasteiger partial charge in [0.1, 0.15) is 5.60 Å². The molecule has 0 bridgehead atoms. The van der Waals surface area contributed by atoms with E-state index < -0.39 is 23.4 Å². The van der Waals surface area contributed by atoms with Crippen molar-refractivity contribution in [2.24, 2.45) is 11.1 Å². The van der Waals surface area contributed by atoms with Crippen LogP contribution in [-0.2, 0) is 10.9 Å². The van der Waals surface area contributed by atoms with E-state index in [9.17, 15) is 18.0 Å². The number of hydrogen-bond donors (Lipinski definition) is 2. The topological polar surface area (TPSA) is 64.3 Å². The van der Waals surface area contributed by atoms with Crippen LogP contribution in [0.25, 0.3) is 0 Å². The molecule has 134 valence electrons. The minimum Gasteiger partial charge on any atom is -0.444 e. The largest absolute Gasteiger partial charge is 0.444 e. The van der Waals surface area contributed by atoms with Crippen molar-refractivity contribution in [1.82, 2.24) is 0 Å². The highest BCUT2D eigenvalue weighted by molar-refractivity contribution is 5.86. The molecule has 1 aromatic rings. The molecule has 3 N–H and O–H groups in total. The number of alkyl halides is 3. The van der Waals surface area contributed by atoms with Gasteiger partial charge in [0.2, 0.25) is 0 Å². The highest BCUT2D eigenvalue weighted by atomic mass is 19.4. The monoisotopic (exact) mass is 344 g/mol. The molecule has 0 spiro atoms. The number of carbonyl (C=O) groups is 1. The lowest BCUT2D eigenvalue weighted by Crippen LogP contribution is -2.27. The second-order valence-electron chi connectivity index (χ2n) is 7.75. The second-order valence-corrected chi connectivity index (χ2v) is 7.75. The van der Waals surface area contributed by atoms with E-state index in [4.69, 9.17) is 10.5 Å². The number of benzene rings is 1. The van der Waals surface area contributed by atoms with Crippen molar-refractivity contribution in [2.45, 2.75) is 58.4 Å². The van der Waals surface area contributed by atoms with Gasteiger partial charge in [-0.05, 0) is 43.9 Å². The number of hydrogen-bond acceptors (Lipinski definition) is 3. The predicted octanol–water partition coefficient (Wildman–Crippen LogP) is 4.50. The van der Waals surface area contributed by atoms with E-state index in [1.807, 2.05) is 13.8 Å². The van der Waals surface area contributed by atoms with Crippen molar-refractivity contribution in [1.29, 1.82) is 0 Å². The molecule has 1 aliphatic rings. The maximum Gasteiger partial charge on any atom is 0.416 e. The van der Waals surface area contributed by atoms with Gasteiger partial charge in [0.25, 0.3) is 0 Å². The van der Waals surface area contributed by atoms with E-state index in [2.05, 4.69) is 5.32 Å². The minimum atomic E-state index is -4.50. The highest BCUT2D eigenvalue weighted by Gasteiger charge is 2.57. The van der Waals surface area contributed by atoms with Crippen LogP contribution in [0.15, 0.2) is 18.2 Å². The molecule has 0 heterocycles. The summed E-state index contributed by atoms with van der Waals surface area (Å²) >= 11 is 0. The lowest BCUT2D eigenvalue weighted by Gasteiger charge is -2.21. The van der Waals surface area contributed by atoms with Crippen LogP contribution in [0.3, 0.4) is 0 Å². The van der Waals surface area contributed by atoms with Gasteiger partial charge in [-0.1, -0.05) is 19.9 Å². The van der Waals surface area contributed by atoms with Crippen LogP contribution in [-0.4, -0.2) is 17.7 Å². The number of halogens is 3. The summed E-state index contributed by atoms with van der Waals surface area (Å²) in [5.41, 5.74) is 4.90. The van der Waals surface area contributed by atoms with Crippen LogP contribution in [0, 0.1) is 5.41 Å². The maximum absolute atomic E-state index is 13.0. The molecule has 0 saturated heterocycles. The van der Waals surface area contributed by atoms with Gasteiger partial charge in [-0.2, -0.15) is 13.2 Å². The third-order valence-corrected chi connectivity index (χ3v) is 4.26. The number of nitrogens with two attached hydrogens (primary N) is 1. The Morgan fingerprint density at radius 3 is 2.21 bits per heavy atom. The number of nitrogens with one attached hydrogen (secondary N) is 1. The lowest BCUT2D eigenvalue weighted by atomic mass is 9.99. The molecule has 1 aromatic carbocycles. The molecule has 4 nitrogen and oxygen atoms in total. The van der Waals surface area contributed by atoms with Gasteiger partial charge in [-0.25, -0.2) is 4.79 Å². The maximum atomic E-state index is 13.0. The van der Waals surface area contributed by atoms with Gasteiger partial charge in [0.15, 0.2) is 0 Å². The standard InChI is InChI=1S/C17H23F3N2O2/c1-15(2,3)24-14(23)22-11-8-9(17(18,19)20)6-7-10(11)12-13(21)16(12,4)5/h6-8,12-13H,21H2,1-5H3,(H,22,23)/t12-,13-/m0/s1. The summed E-state index contributed by atoms with van der Waals surface area (Å²) in [5, 5.41) is 2.44. The van der Waals surface area contributed by atoms with Crippen molar-refractivity contribution in [3.63, 3.8) is 0 Å². The summed E-state index contributed by atoms with van der Waals surface area (Å²) < 4.78 is 44.1. The molecule has 0 aliphatic heterocycles. The van der Waals surface area contributed by atoms with Crippen molar-refractivity contribution in [3.8, 4) is 0 Å². The van der Waals surface area contributed by atoms with Crippen LogP contribution in [0.4, 0.5) is 23.7 Å². The van der Waals surface area contributed by atoms with Crippen LogP contribution in [0.5, 0.6) is 0 Å². The summed E-state index contributed by atoms with van der Waals surface area (Å²) in [7, 11) is 0. The van der Waals surface area contributed by atoms with E-state index >= 15 is 0 Å². The Morgan fingerprint density at radius 1 is 1.25 bits per heavy atom. The van der Waals surface area contributed by atoms with Crippen molar-refractivity contribution in [3.05, 3.63) is 29.3 Å². The van der Waals surface area contributed by atoms with E-state index in [0.717, 1.165) is 12.1 Å².